The number of primary amides is 1. The number of carbonyl (C=O) groups excluding carboxylic acids is 3. The molecule has 2 saturated carbocycles. The summed E-state index contributed by atoms with van der Waals surface area (Å²) < 4.78 is 0. The summed E-state index contributed by atoms with van der Waals surface area (Å²) in [5.74, 6) is -6.82. The van der Waals surface area contributed by atoms with Crippen LogP contribution in [0.4, 0.5) is 11.4 Å². The Morgan fingerprint density at radius 2 is 1.80 bits per heavy atom. The molecule has 13 nitrogen and oxygen atoms in total. The van der Waals surface area contributed by atoms with Gasteiger partial charge in [0.2, 0.25) is 5.78 Å². The van der Waals surface area contributed by atoms with Gasteiger partial charge in [0.15, 0.2) is 17.1 Å². The second kappa shape index (κ2) is 9.86. The Morgan fingerprint density at radius 1 is 1.15 bits per heavy atom. The zero-order chi connectivity index (χ0) is 30.1. The lowest BCUT2D eigenvalue weighted by Gasteiger charge is -2.50. The molecule has 9 N–H and O–H groups in total. The summed E-state index contributed by atoms with van der Waals surface area (Å²) >= 11 is 0. The molecule has 1 aromatic rings. The molecular weight excluding hydrogens is 532 g/mol. The first-order valence-electron chi connectivity index (χ1n) is 13.5. The van der Waals surface area contributed by atoms with Crippen molar-refractivity contribution in [3.05, 3.63) is 34.1 Å². The summed E-state index contributed by atoms with van der Waals surface area (Å²) in [6.45, 7) is 0.306. The van der Waals surface area contributed by atoms with Crippen LogP contribution in [0.15, 0.2) is 28.0 Å². The summed E-state index contributed by atoms with van der Waals surface area (Å²) in [4.78, 5) is 47.1. The first-order chi connectivity index (χ1) is 19.2. The second-order valence-electron chi connectivity index (χ2n) is 11.7. The molecule has 0 aliphatic heterocycles. The highest BCUT2D eigenvalue weighted by molar-refractivity contribution is 6.24. The predicted molar refractivity (Wildman–Crippen MR) is 151 cm³/mol. The Morgan fingerprint density at radius 3 is 2.37 bits per heavy atom. The number of anilines is 1. The number of benzene rings is 1. The van der Waals surface area contributed by atoms with E-state index in [0.717, 1.165) is 12.8 Å². The molecule has 1 amide bonds. The fourth-order valence-corrected chi connectivity index (χ4v) is 6.49. The van der Waals surface area contributed by atoms with E-state index < -0.39 is 63.8 Å². The van der Waals surface area contributed by atoms with Crippen LogP contribution in [0.1, 0.15) is 30.4 Å². The van der Waals surface area contributed by atoms with E-state index in [1.807, 2.05) is 0 Å². The predicted octanol–water partition coefficient (Wildman–Crippen LogP) is -0.229. The fourth-order valence-electron chi connectivity index (χ4n) is 6.49. The Kier molecular flexibility index (Phi) is 6.87. The van der Waals surface area contributed by atoms with E-state index in [-0.39, 0.29) is 35.5 Å². The Bertz CT molecular complexity index is 1460. The summed E-state index contributed by atoms with van der Waals surface area (Å²) in [5, 5.41) is 48.9. The zero-order valence-corrected chi connectivity index (χ0v) is 23.4. The van der Waals surface area contributed by atoms with Crippen molar-refractivity contribution >= 4 is 40.4 Å². The Hall–Kier alpha value is -3.94. The number of phenolic OH excluding ortho intramolecular Hbond substituents is 1. The van der Waals surface area contributed by atoms with Crippen molar-refractivity contribution in [2.45, 2.75) is 43.4 Å². The lowest BCUT2D eigenvalue weighted by Crippen LogP contribution is -2.65. The van der Waals surface area contributed by atoms with Crippen LogP contribution in [0, 0.1) is 11.8 Å². The molecular formula is C28H36N6O7. The van der Waals surface area contributed by atoms with Crippen LogP contribution >= 0.6 is 0 Å². The smallest absolute Gasteiger partial charge is 0.255 e. The molecule has 0 heterocycles. The number of Topliss-reactive ketones (excluding diaryl/α,β-unsaturated/α-hetero) is 2. The minimum absolute atomic E-state index is 0.0130. The Balaban J connectivity index is 1.68. The number of fused-ring (bicyclic) bond motifs is 3. The highest BCUT2D eigenvalue weighted by Gasteiger charge is 2.64. The van der Waals surface area contributed by atoms with E-state index in [2.05, 4.69) is 10.3 Å². The molecule has 4 atom stereocenters. The molecule has 0 saturated heterocycles. The molecule has 13 heteroatoms. The first-order valence-corrected chi connectivity index (χ1v) is 13.5. The van der Waals surface area contributed by atoms with Gasteiger partial charge in [0.1, 0.15) is 28.6 Å². The molecule has 5 rings (SSSR count). The maximum Gasteiger partial charge on any atom is 0.255 e. The van der Waals surface area contributed by atoms with Gasteiger partial charge in [-0.05, 0) is 57.3 Å². The van der Waals surface area contributed by atoms with Gasteiger partial charge in [-0.3, -0.25) is 19.3 Å². The van der Waals surface area contributed by atoms with E-state index >= 15 is 0 Å². The number of nitrogens with zero attached hydrogens (tertiary/aromatic N) is 3. The van der Waals surface area contributed by atoms with E-state index in [9.17, 15) is 34.8 Å². The number of aromatic hydroxyl groups is 1. The zero-order valence-electron chi connectivity index (χ0n) is 23.4. The number of ketones is 2. The van der Waals surface area contributed by atoms with Crippen LogP contribution in [0.2, 0.25) is 0 Å². The number of amides is 1. The summed E-state index contributed by atoms with van der Waals surface area (Å²) in [5.41, 5.74) is 8.94. The number of aliphatic imine (C=N–C) groups is 1. The molecule has 41 heavy (non-hydrogen) atoms. The van der Waals surface area contributed by atoms with Gasteiger partial charge < -0.3 is 42.1 Å². The molecule has 0 radical (unpaired) electrons. The maximum atomic E-state index is 14.0. The third-order valence-corrected chi connectivity index (χ3v) is 8.57. The topological polar surface area (TPSA) is 215 Å². The van der Waals surface area contributed by atoms with E-state index in [1.54, 1.807) is 39.2 Å². The largest absolute Gasteiger partial charge is 0.508 e. The lowest BCUT2D eigenvalue weighted by atomic mass is 9.57. The number of phenols is 1. The second-order valence-corrected chi connectivity index (χ2v) is 11.7. The van der Waals surface area contributed by atoms with Gasteiger partial charge in [-0.15, -0.1) is 0 Å². The van der Waals surface area contributed by atoms with Crippen molar-refractivity contribution in [1.29, 1.82) is 0 Å². The van der Waals surface area contributed by atoms with Gasteiger partial charge in [0.25, 0.3) is 5.91 Å². The highest BCUT2D eigenvalue weighted by Crippen LogP contribution is 2.54. The number of likely N-dealkylation sites (N-methyl/N-ethyl adjacent to an activating group) is 1. The molecule has 4 aliphatic rings. The van der Waals surface area contributed by atoms with Crippen molar-refractivity contribution in [3.63, 3.8) is 0 Å². The van der Waals surface area contributed by atoms with Gasteiger partial charge in [0, 0.05) is 37.3 Å². The van der Waals surface area contributed by atoms with E-state index in [1.165, 1.54) is 4.90 Å². The van der Waals surface area contributed by atoms with Crippen LogP contribution in [0.3, 0.4) is 0 Å². The van der Waals surface area contributed by atoms with Crippen LogP contribution in [-0.2, 0) is 20.8 Å². The van der Waals surface area contributed by atoms with Crippen LogP contribution < -0.4 is 21.7 Å². The normalized spacial score (nSPS) is 28.0. The van der Waals surface area contributed by atoms with Gasteiger partial charge in [-0.25, -0.2) is 4.99 Å². The third-order valence-electron chi connectivity index (χ3n) is 8.57. The van der Waals surface area contributed by atoms with Crippen molar-refractivity contribution in [2.24, 2.45) is 28.3 Å². The van der Waals surface area contributed by atoms with Crippen molar-refractivity contribution in [2.75, 3.05) is 39.6 Å². The Labute approximate surface area is 236 Å². The number of nitrogens with one attached hydrogen (secondary N) is 1. The molecule has 220 valence electrons. The number of carbonyl (C=O) groups is 3. The van der Waals surface area contributed by atoms with Gasteiger partial charge >= 0.3 is 0 Å². The molecule has 0 spiro atoms. The lowest BCUT2D eigenvalue weighted by molar-refractivity contribution is -0.153. The highest BCUT2D eigenvalue weighted by atomic mass is 16.3. The molecule has 0 aromatic heterocycles. The fraction of sp³-hybridized carbons (Fsp3) is 0.500. The minimum atomic E-state index is -2.70. The standard InChI is InChI=1S/C28H36N6O7/c1-33(2)16-9-15(32-17(29)10-31-12-5-6-12)22(35)19-13(16)7-11-8-14-21(34(3)4)24(37)20(27(30)40)26(39)28(14,41)25(38)18(11)23(19)36/h9,11-12,14,21,31,35-36,39,41H,5-8,10H2,1-4H3,(H2,29,32)(H2,30,40)/t11?,14?,21-,28-/m0/s1. The quantitative estimate of drug-likeness (QED) is 0.130. The summed E-state index contributed by atoms with van der Waals surface area (Å²) in [6.07, 6.45) is 2.31. The van der Waals surface area contributed by atoms with Crippen molar-refractivity contribution in [3.8, 4) is 5.75 Å². The summed E-state index contributed by atoms with van der Waals surface area (Å²) in [6, 6.07) is 0.898. The third kappa shape index (κ3) is 4.35. The number of hydrogen-bond donors (Lipinski definition) is 7. The molecule has 2 unspecified atom stereocenters. The molecule has 4 aliphatic carbocycles. The average molecular weight is 569 g/mol. The molecule has 1 aromatic carbocycles. The van der Waals surface area contributed by atoms with Crippen LogP contribution in [0.5, 0.6) is 5.75 Å². The van der Waals surface area contributed by atoms with Crippen LogP contribution in [-0.4, -0.2) is 101 Å². The average Bonchev–Trinajstić information content (AvgIpc) is 3.70. The van der Waals surface area contributed by atoms with Gasteiger partial charge in [-0.2, -0.15) is 0 Å². The maximum absolute atomic E-state index is 14.0. The van der Waals surface area contributed by atoms with Gasteiger partial charge in [0.05, 0.1) is 18.2 Å². The van der Waals surface area contributed by atoms with E-state index in [4.69, 9.17) is 11.5 Å². The van der Waals surface area contributed by atoms with Crippen molar-refractivity contribution < 1.29 is 34.8 Å². The van der Waals surface area contributed by atoms with Gasteiger partial charge in [-0.1, -0.05) is 0 Å². The van der Waals surface area contributed by atoms with Crippen molar-refractivity contribution in [1.82, 2.24) is 10.2 Å². The van der Waals surface area contributed by atoms with Crippen LogP contribution in [0.25, 0.3) is 5.76 Å². The number of hydrogen-bond acceptors (Lipinski definition) is 11. The first kappa shape index (κ1) is 28.6. The monoisotopic (exact) mass is 568 g/mol. The minimum Gasteiger partial charge on any atom is -0.508 e. The summed E-state index contributed by atoms with van der Waals surface area (Å²) in [7, 11) is 6.69. The number of nitrogens with two attached hydrogens (primary N) is 2. The SMILES string of the molecule is CN(C)c1cc(N=C(N)CNC2CC2)c(O)c2c1CC1CC3[C@H](N(C)C)C(=O)C(C(N)=O)=C(O)[C@@]3(O)C(=O)C1=C2O. The van der Waals surface area contributed by atoms with E-state index in [0.29, 0.717) is 23.8 Å². The number of aliphatic hydroxyl groups excluding tert-OH is 2. The number of aliphatic hydroxyl groups is 3. The number of rotatable bonds is 7. The number of amidine groups is 1. The molecule has 2 fully saturated rings. The molecule has 0 bridgehead atoms.